The van der Waals surface area contributed by atoms with Crippen LogP contribution in [0.1, 0.15) is 209 Å². The lowest BCUT2D eigenvalue weighted by molar-refractivity contribution is -0.151. The van der Waals surface area contributed by atoms with E-state index in [0.717, 1.165) is 111 Å². The van der Waals surface area contributed by atoms with Crippen LogP contribution in [-0.2, 0) is 76.2 Å². The average Bonchev–Trinajstić information content (AvgIpc) is 0.843. The van der Waals surface area contributed by atoms with Gasteiger partial charge in [-0.1, -0.05) is 79.4 Å². The smallest absolute Gasteiger partial charge is 0.343 e. The monoisotopic (exact) mass is 1650 g/mol. The van der Waals surface area contributed by atoms with Gasteiger partial charge in [0, 0.05) is 30.9 Å². The van der Waals surface area contributed by atoms with Gasteiger partial charge >= 0.3 is 65.7 Å². The first kappa shape index (κ1) is 96.4. The summed E-state index contributed by atoms with van der Waals surface area (Å²) in [7, 11) is 0. The Bertz CT molecular complexity index is 4320. The number of ether oxygens (including phenoxy) is 14. The molecule has 0 unspecified atom stereocenters. The lowest BCUT2D eigenvalue weighted by Crippen LogP contribution is -2.12. The lowest BCUT2D eigenvalue weighted by atomic mass is 10.0. The molecule has 0 N–H and O–H groups in total. The molecule has 0 aromatic heterocycles. The van der Waals surface area contributed by atoms with Gasteiger partial charge in [-0.2, -0.15) is 0 Å². The first-order valence-corrected chi connectivity index (χ1v) is 40.8. The highest BCUT2D eigenvalue weighted by Crippen LogP contribution is 2.27. The van der Waals surface area contributed by atoms with Crippen LogP contribution in [-0.4, -0.2) is 145 Å². The Kier molecular flexibility index (Phi) is 45.7. The van der Waals surface area contributed by atoms with E-state index in [1.54, 1.807) is 111 Å². The molecule has 0 atom stereocenters. The highest BCUT2D eigenvalue weighted by molar-refractivity contribution is 5.93. The molecule has 120 heavy (non-hydrogen) atoms. The molecule has 0 heterocycles. The summed E-state index contributed by atoms with van der Waals surface area (Å²) < 4.78 is 74.6. The van der Waals surface area contributed by atoms with Gasteiger partial charge in [-0.05, 0) is 255 Å². The van der Waals surface area contributed by atoms with Crippen molar-refractivity contribution in [3.63, 3.8) is 0 Å². The third-order valence-electron chi connectivity index (χ3n) is 17.8. The summed E-state index contributed by atoms with van der Waals surface area (Å²) in [6.45, 7) is 17.5. The summed E-state index contributed by atoms with van der Waals surface area (Å²) in [5.41, 5.74) is 7.14. The van der Waals surface area contributed by atoms with Gasteiger partial charge in [-0.3, -0.25) is 24.0 Å². The van der Waals surface area contributed by atoms with Gasteiger partial charge < -0.3 is 66.3 Å². The quantitative estimate of drug-likeness (QED) is 0.0112. The predicted octanol–water partition coefficient (Wildman–Crippen LogP) is 18.2. The number of hydrogen-bond acceptors (Lipinski definition) is 25. The van der Waals surface area contributed by atoms with E-state index >= 15 is 0 Å². The number of carbonyl (C=O) groups excluding carboxylic acids is 11. The van der Waals surface area contributed by atoms with E-state index < -0.39 is 53.7 Å². The van der Waals surface area contributed by atoms with Crippen molar-refractivity contribution in [1.29, 1.82) is 0 Å². The molecule has 0 bridgehead atoms. The van der Waals surface area contributed by atoms with Gasteiger partial charge in [-0.15, -0.1) is 0 Å². The fourth-order valence-electron chi connectivity index (χ4n) is 11.0. The van der Waals surface area contributed by atoms with Crippen LogP contribution in [0.2, 0.25) is 0 Å². The highest BCUT2D eigenvalue weighted by atomic mass is 16.6. The van der Waals surface area contributed by atoms with Crippen LogP contribution in [0.4, 0.5) is 0 Å². The van der Waals surface area contributed by atoms with Crippen molar-refractivity contribution >= 4 is 65.7 Å². The number of hydrogen-bond donors (Lipinski definition) is 0. The molecule has 0 spiro atoms. The molecule has 0 aliphatic heterocycles. The molecule has 642 valence electrons. The normalized spacial score (nSPS) is 10.6. The SMILES string of the molecule is C=C(C)C(=O)OCCCCCCOc1ccc(C(=O)Oc2ccc(-c3ccc(C(=O)OCCCCCCOC(=O)CCC(=O)OCCCOC(C)=O)cc3)cc2)cc1.C=C(C)C(=O)OCCCCCCOc1ccc(C(=O)Oc2ccc(-c3ccc(C(=O)OCCCCCCOC(=O)CCC(=O)OCCCOc4ccc(C)cc4)cc3)cc2)cc1. The minimum Gasteiger partial charge on any atom is -0.494 e. The molecule has 7 aromatic carbocycles. The van der Waals surface area contributed by atoms with Gasteiger partial charge in [0.25, 0.3) is 0 Å². The van der Waals surface area contributed by atoms with Crippen molar-refractivity contribution in [3.05, 3.63) is 222 Å². The summed E-state index contributed by atoms with van der Waals surface area (Å²) in [4.78, 5) is 131. The number of carbonyl (C=O) groups is 11. The number of benzene rings is 7. The molecule has 0 aliphatic carbocycles. The highest BCUT2D eigenvalue weighted by Gasteiger charge is 2.17. The zero-order chi connectivity index (χ0) is 86.3. The summed E-state index contributed by atoms with van der Waals surface area (Å²) in [5.74, 6) is -1.91. The lowest BCUT2D eigenvalue weighted by Gasteiger charge is -2.09. The number of unbranched alkanes of at least 4 members (excludes halogenated alkanes) is 12. The summed E-state index contributed by atoms with van der Waals surface area (Å²) in [6, 6.07) is 49.6. The van der Waals surface area contributed by atoms with E-state index in [9.17, 15) is 52.7 Å². The Balaban J connectivity index is 0.000000373. The van der Waals surface area contributed by atoms with Gasteiger partial charge in [0.1, 0.15) is 28.7 Å². The zero-order valence-corrected chi connectivity index (χ0v) is 69.3. The Morgan fingerprint density at radius 3 is 0.767 bits per heavy atom. The van der Waals surface area contributed by atoms with Crippen LogP contribution in [0.5, 0.6) is 28.7 Å². The molecule has 0 aliphatic rings. The molecule has 7 rings (SSSR count). The Labute approximate surface area is 702 Å². The predicted molar refractivity (Wildman–Crippen MR) is 448 cm³/mol. The maximum absolute atomic E-state index is 12.8. The third-order valence-corrected chi connectivity index (χ3v) is 17.8. The van der Waals surface area contributed by atoms with Crippen LogP contribution in [0.3, 0.4) is 0 Å². The second-order valence-corrected chi connectivity index (χ2v) is 28.1. The molecule has 0 saturated heterocycles. The number of esters is 11. The van der Waals surface area contributed by atoms with E-state index in [4.69, 9.17) is 66.3 Å². The van der Waals surface area contributed by atoms with Crippen molar-refractivity contribution in [2.45, 2.75) is 169 Å². The Morgan fingerprint density at radius 2 is 0.458 bits per heavy atom. The fourth-order valence-corrected chi connectivity index (χ4v) is 11.0. The van der Waals surface area contributed by atoms with Crippen LogP contribution in [0.15, 0.2) is 194 Å². The van der Waals surface area contributed by atoms with Crippen LogP contribution >= 0.6 is 0 Å². The number of rotatable bonds is 55. The van der Waals surface area contributed by atoms with Crippen LogP contribution < -0.4 is 23.7 Å². The van der Waals surface area contributed by atoms with Gasteiger partial charge in [-0.25, -0.2) is 28.8 Å². The summed E-state index contributed by atoms with van der Waals surface area (Å²) >= 11 is 0. The molecule has 0 fully saturated rings. The van der Waals surface area contributed by atoms with Crippen molar-refractivity contribution in [3.8, 4) is 51.0 Å². The molecular formula is C95H112O25. The standard InChI is InChI=1S/C50H58O12.C45H54O13/c1-37(2)48(53)60-33-10-6-4-8-31-56-44-25-21-42(22-26-44)50(55)62-45-27-19-40(20-28-45)39-15-17-41(18-16-39)49(54)61-34-11-7-5-9-32-58-46(51)29-30-47(52)59-36-12-35-57-43-23-13-38(3)14-24-43;1-33(2)43(49)56-29-10-6-4-8-27-53-39-21-19-38(20-22-39)45(51)58-40-23-17-36(18-24-40)35-13-15-37(16-14-35)44(50)57-30-11-7-5-9-28-54-41(47)25-26-42(48)55-32-12-31-52-34(3)46/h13-28H,1,4-12,29-36H2,2-3H3;13-24H,1,4-12,25-32H2,2-3H3. The fraction of sp³-hybridized carbons (Fsp3) is 0.400. The van der Waals surface area contributed by atoms with Crippen molar-refractivity contribution < 1.29 is 119 Å². The van der Waals surface area contributed by atoms with E-state index in [0.29, 0.717) is 128 Å². The topological polar surface area (TPSA) is 317 Å². The molecule has 0 radical (unpaired) electrons. The molecule has 25 nitrogen and oxygen atoms in total. The van der Waals surface area contributed by atoms with Crippen molar-refractivity contribution in [2.75, 3.05) is 79.3 Å². The van der Waals surface area contributed by atoms with Gasteiger partial charge in [0.2, 0.25) is 0 Å². The molecule has 7 aromatic rings. The number of aryl methyl sites for hydroxylation is 1. The first-order chi connectivity index (χ1) is 58.1. The average molecular weight is 1650 g/mol. The molecule has 0 amide bonds. The summed E-state index contributed by atoms with van der Waals surface area (Å²) in [6.07, 6.45) is 13.6. The Morgan fingerprint density at radius 1 is 0.233 bits per heavy atom. The van der Waals surface area contributed by atoms with Crippen molar-refractivity contribution in [1.82, 2.24) is 0 Å². The molecular weight excluding hydrogens is 1540 g/mol. The van der Waals surface area contributed by atoms with Gasteiger partial charge in [0.05, 0.1) is 127 Å². The van der Waals surface area contributed by atoms with Crippen LogP contribution in [0.25, 0.3) is 22.3 Å². The maximum Gasteiger partial charge on any atom is 0.343 e. The summed E-state index contributed by atoms with van der Waals surface area (Å²) in [5, 5.41) is 0. The molecule has 0 saturated carbocycles. The van der Waals surface area contributed by atoms with Crippen LogP contribution in [0, 0.1) is 6.92 Å². The van der Waals surface area contributed by atoms with E-state index in [2.05, 4.69) is 13.2 Å². The van der Waals surface area contributed by atoms with Gasteiger partial charge in [0.15, 0.2) is 0 Å². The largest absolute Gasteiger partial charge is 0.494 e. The minimum atomic E-state index is -0.512. The third kappa shape index (κ3) is 41.1. The van der Waals surface area contributed by atoms with E-state index in [1.165, 1.54) is 6.92 Å². The maximum atomic E-state index is 12.8. The second kappa shape index (κ2) is 56.8. The van der Waals surface area contributed by atoms with Crippen molar-refractivity contribution in [2.24, 2.45) is 0 Å². The molecule has 25 heteroatoms. The zero-order valence-electron chi connectivity index (χ0n) is 69.3. The Hall–Kier alpha value is -12.4. The first-order valence-electron chi connectivity index (χ1n) is 40.8. The second-order valence-electron chi connectivity index (χ2n) is 28.1. The van der Waals surface area contributed by atoms with E-state index in [-0.39, 0.29) is 83.9 Å². The minimum absolute atomic E-state index is 0.0302. The van der Waals surface area contributed by atoms with E-state index in [1.807, 2.05) is 79.7 Å².